The molecule has 0 atom stereocenters. The minimum Gasteiger partial charge on any atom is -0.468 e. The summed E-state index contributed by atoms with van der Waals surface area (Å²) in [6.45, 7) is 10.8. The summed E-state index contributed by atoms with van der Waals surface area (Å²) in [6, 6.07) is 2.08. The van der Waals surface area contributed by atoms with Crippen molar-refractivity contribution in [1.82, 2.24) is 10.2 Å². The molecule has 3 nitrogen and oxygen atoms in total. The van der Waals surface area contributed by atoms with E-state index < -0.39 is 0 Å². The lowest BCUT2D eigenvalue weighted by Crippen LogP contribution is -2.22. The molecule has 3 heteroatoms. The second-order valence-corrected chi connectivity index (χ2v) is 3.72. The summed E-state index contributed by atoms with van der Waals surface area (Å²) in [6.07, 6.45) is 5.58. The van der Waals surface area contributed by atoms with Gasteiger partial charge in [-0.05, 0) is 13.1 Å². The van der Waals surface area contributed by atoms with E-state index in [9.17, 15) is 0 Å². The van der Waals surface area contributed by atoms with Gasteiger partial charge >= 0.3 is 0 Å². The Balaban J connectivity index is 2.54. The summed E-state index contributed by atoms with van der Waals surface area (Å²) in [4.78, 5) is 2.21. The van der Waals surface area contributed by atoms with Gasteiger partial charge in [-0.3, -0.25) is 4.90 Å². The highest BCUT2D eigenvalue weighted by molar-refractivity contribution is 5.12. The summed E-state index contributed by atoms with van der Waals surface area (Å²) < 4.78 is 5.49. The van der Waals surface area contributed by atoms with Gasteiger partial charge in [0, 0.05) is 25.2 Å². The van der Waals surface area contributed by atoms with Gasteiger partial charge in [0.25, 0.3) is 0 Å². The van der Waals surface area contributed by atoms with Crippen LogP contribution >= 0.6 is 0 Å². The maximum absolute atomic E-state index is 5.49. The molecule has 0 fully saturated rings. The van der Waals surface area contributed by atoms with E-state index in [1.165, 1.54) is 5.56 Å². The van der Waals surface area contributed by atoms with Crippen LogP contribution in [0.5, 0.6) is 0 Å². The van der Waals surface area contributed by atoms with Crippen LogP contribution < -0.4 is 5.32 Å². The van der Waals surface area contributed by atoms with Gasteiger partial charge in [-0.25, -0.2) is 0 Å². The van der Waals surface area contributed by atoms with Crippen LogP contribution in [-0.4, -0.2) is 25.0 Å². The number of hydrogen-bond donors (Lipinski definition) is 1. The van der Waals surface area contributed by atoms with E-state index in [0.29, 0.717) is 0 Å². The zero-order chi connectivity index (χ0) is 11.8. The predicted molar refractivity (Wildman–Crippen MR) is 67.1 cm³/mol. The molecule has 0 aliphatic heterocycles. The summed E-state index contributed by atoms with van der Waals surface area (Å²) >= 11 is 0. The van der Waals surface area contributed by atoms with E-state index in [-0.39, 0.29) is 0 Å². The molecule has 0 unspecified atom stereocenters. The Labute approximate surface area is 97.4 Å². The average molecular weight is 220 g/mol. The van der Waals surface area contributed by atoms with Crippen molar-refractivity contribution in [3.05, 3.63) is 49.0 Å². The third kappa shape index (κ3) is 4.04. The third-order valence-corrected chi connectivity index (χ3v) is 2.24. The maximum Gasteiger partial charge on any atom is 0.118 e. The Morgan fingerprint density at radius 3 is 2.62 bits per heavy atom. The molecule has 0 aromatic carbocycles. The largest absolute Gasteiger partial charge is 0.468 e. The Morgan fingerprint density at radius 1 is 1.38 bits per heavy atom. The van der Waals surface area contributed by atoms with Crippen LogP contribution in [0.4, 0.5) is 0 Å². The fourth-order valence-corrected chi connectivity index (χ4v) is 1.60. The van der Waals surface area contributed by atoms with Crippen molar-refractivity contribution < 1.29 is 4.42 Å². The molecule has 1 N–H and O–H groups in total. The van der Waals surface area contributed by atoms with E-state index >= 15 is 0 Å². The highest BCUT2D eigenvalue weighted by Crippen LogP contribution is 2.10. The molecule has 1 aromatic heterocycles. The molecule has 0 saturated heterocycles. The van der Waals surface area contributed by atoms with Crippen molar-refractivity contribution in [3.63, 3.8) is 0 Å². The van der Waals surface area contributed by atoms with Crippen LogP contribution in [0, 0.1) is 0 Å². The molecule has 0 spiro atoms. The lowest BCUT2D eigenvalue weighted by molar-refractivity contribution is 0.295. The lowest BCUT2D eigenvalue weighted by Gasteiger charge is -2.16. The first-order valence-corrected chi connectivity index (χ1v) is 5.45. The number of nitrogens with one attached hydrogen (secondary N) is 1. The zero-order valence-corrected chi connectivity index (χ0v) is 9.91. The van der Waals surface area contributed by atoms with E-state index in [2.05, 4.69) is 29.4 Å². The average Bonchev–Trinajstić information content (AvgIpc) is 2.67. The molecule has 0 bridgehead atoms. The van der Waals surface area contributed by atoms with Crippen molar-refractivity contribution in [2.45, 2.75) is 13.1 Å². The normalized spacial score (nSPS) is 10.6. The second-order valence-electron chi connectivity index (χ2n) is 3.72. The molecule has 1 rings (SSSR count). The molecular weight excluding hydrogens is 200 g/mol. The van der Waals surface area contributed by atoms with Gasteiger partial charge in [0.2, 0.25) is 0 Å². The van der Waals surface area contributed by atoms with Gasteiger partial charge in [-0.1, -0.05) is 12.2 Å². The number of rotatable bonds is 8. The fraction of sp³-hybridized carbons (Fsp3) is 0.385. The van der Waals surface area contributed by atoms with Crippen molar-refractivity contribution in [1.29, 1.82) is 0 Å². The zero-order valence-electron chi connectivity index (χ0n) is 9.91. The Bertz CT molecular complexity index is 320. The van der Waals surface area contributed by atoms with Crippen LogP contribution in [0.2, 0.25) is 0 Å². The topological polar surface area (TPSA) is 28.4 Å². The van der Waals surface area contributed by atoms with Gasteiger partial charge in [-0.15, -0.1) is 13.2 Å². The summed E-state index contributed by atoms with van der Waals surface area (Å²) in [5, 5.41) is 3.10. The minimum absolute atomic E-state index is 0.793. The Hall–Kier alpha value is -1.32. The Kier molecular flexibility index (Phi) is 5.61. The minimum atomic E-state index is 0.793. The van der Waals surface area contributed by atoms with Crippen molar-refractivity contribution >= 4 is 0 Å². The van der Waals surface area contributed by atoms with Gasteiger partial charge in [0.1, 0.15) is 5.76 Å². The smallest absolute Gasteiger partial charge is 0.118 e. The molecule has 0 aliphatic carbocycles. The molecule has 0 saturated carbocycles. The van der Waals surface area contributed by atoms with Gasteiger partial charge in [0.15, 0.2) is 0 Å². The van der Waals surface area contributed by atoms with Crippen LogP contribution in [0.1, 0.15) is 11.3 Å². The van der Waals surface area contributed by atoms with Gasteiger partial charge in [0.05, 0.1) is 12.8 Å². The first-order chi connectivity index (χ1) is 7.80. The van der Waals surface area contributed by atoms with Crippen LogP contribution in [0.25, 0.3) is 0 Å². The highest BCUT2D eigenvalue weighted by Gasteiger charge is 2.06. The van der Waals surface area contributed by atoms with Crippen LogP contribution in [0.15, 0.2) is 42.1 Å². The molecule has 0 radical (unpaired) electrons. The number of hydrogen-bond acceptors (Lipinski definition) is 3. The third-order valence-electron chi connectivity index (χ3n) is 2.24. The highest BCUT2D eigenvalue weighted by atomic mass is 16.3. The second kappa shape index (κ2) is 7.04. The van der Waals surface area contributed by atoms with E-state index in [1.807, 2.05) is 19.2 Å². The lowest BCUT2D eigenvalue weighted by atomic mass is 10.3. The summed E-state index contributed by atoms with van der Waals surface area (Å²) in [7, 11) is 1.93. The molecule has 16 heavy (non-hydrogen) atoms. The molecule has 0 amide bonds. The predicted octanol–water partition coefficient (Wildman–Crippen LogP) is 2.17. The van der Waals surface area contributed by atoms with Crippen LogP contribution in [-0.2, 0) is 13.1 Å². The molecule has 88 valence electrons. The summed E-state index contributed by atoms with van der Waals surface area (Å²) in [5.74, 6) is 0.981. The molecule has 1 heterocycles. The SMILES string of the molecule is C=CCN(CC=C)Cc1cc(CNC)co1. The van der Waals surface area contributed by atoms with Gasteiger partial charge in [-0.2, -0.15) is 0 Å². The van der Waals surface area contributed by atoms with E-state index in [0.717, 1.165) is 31.9 Å². The summed E-state index contributed by atoms with van der Waals surface area (Å²) in [5.41, 5.74) is 1.18. The fourth-order valence-electron chi connectivity index (χ4n) is 1.60. The molecule has 1 aromatic rings. The van der Waals surface area contributed by atoms with Crippen LogP contribution in [0.3, 0.4) is 0 Å². The molecular formula is C13H20N2O. The van der Waals surface area contributed by atoms with E-state index in [4.69, 9.17) is 4.42 Å². The molecule has 0 aliphatic rings. The number of nitrogens with zero attached hydrogens (tertiary/aromatic N) is 1. The van der Waals surface area contributed by atoms with Crippen molar-refractivity contribution in [2.24, 2.45) is 0 Å². The van der Waals surface area contributed by atoms with Crippen molar-refractivity contribution in [2.75, 3.05) is 20.1 Å². The van der Waals surface area contributed by atoms with Crippen molar-refractivity contribution in [3.8, 4) is 0 Å². The standard InChI is InChI=1S/C13H20N2O/c1-4-6-15(7-5-2)10-13-8-12(9-14-3)11-16-13/h4-5,8,11,14H,1-2,6-7,9-10H2,3H3. The van der Waals surface area contributed by atoms with E-state index in [1.54, 1.807) is 6.26 Å². The first kappa shape index (κ1) is 12.7. The Morgan fingerprint density at radius 2 is 2.06 bits per heavy atom. The monoisotopic (exact) mass is 220 g/mol. The maximum atomic E-state index is 5.49. The number of furan rings is 1. The van der Waals surface area contributed by atoms with Gasteiger partial charge < -0.3 is 9.73 Å². The first-order valence-electron chi connectivity index (χ1n) is 5.45. The quantitative estimate of drug-likeness (QED) is 0.681.